The summed E-state index contributed by atoms with van der Waals surface area (Å²) in [6, 6.07) is 7.95. The molecule has 19 heavy (non-hydrogen) atoms. The molecule has 0 saturated heterocycles. The molecule has 0 aliphatic rings. The smallest absolute Gasteiger partial charge is 0.217 e. The molecule has 2 N–H and O–H groups in total. The summed E-state index contributed by atoms with van der Waals surface area (Å²) < 4.78 is 0. The number of fused-ring (bicyclic) bond motifs is 1. The van der Waals surface area contributed by atoms with E-state index in [9.17, 15) is 4.79 Å². The number of benzene rings is 1. The van der Waals surface area contributed by atoms with E-state index in [1.54, 1.807) is 0 Å². The molecule has 0 aliphatic heterocycles. The molecule has 1 unspecified atom stereocenters. The molecule has 0 spiro atoms. The standard InChI is InChI=1S/C16H21N2O/c1-2-3-6-9-17-14(12-19)10-13-11-18-16-8-5-4-7-15(13)16/h4-5,7-8,11,14,17-18H,2-3,6,9-10H2,1H3. The van der Waals surface area contributed by atoms with Crippen molar-refractivity contribution in [3.63, 3.8) is 0 Å². The maximum absolute atomic E-state index is 11.0. The van der Waals surface area contributed by atoms with E-state index in [0.717, 1.165) is 18.5 Å². The summed E-state index contributed by atoms with van der Waals surface area (Å²) in [5.41, 5.74) is 2.29. The molecule has 0 fully saturated rings. The highest BCUT2D eigenvalue weighted by molar-refractivity contribution is 5.83. The largest absolute Gasteiger partial charge is 0.361 e. The van der Waals surface area contributed by atoms with Gasteiger partial charge < -0.3 is 10.3 Å². The van der Waals surface area contributed by atoms with Crippen LogP contribution in [0.1, 0.15) is 31.7 Å². The Balaban J connectivity index is 1.96. The van der Waals surface area contributed by atoms with Crippen LogP contribution in [-0.2, 0) is 11.2 Å². The first-order chi connectivity index (χ1) is 9.35. The van der Waals surface area contributed by atoms with E-state index >= 15 is 0 Å². The fourth-order valence-electron chi connectivity index (χ4n) is 2.33. The number of nitrogens with one attached hydrogen (secondary N) is 2. The quantitative estimate of drug-likeness (QED) is 0.714. The SMILES string of the molecule is CCCCCNC([C]=O)Cc1c[nH]c2ccccc12. The van der Waals surface area contributed by atoms with E-state index in [4.69, 9.17) is 0 Å². The summed E-state index contributed by atoms with van der Waals surface area (Å²) in [6.07, 6.45) is 8.30. The molecular formula is C16H21N2O. The number of hydrogen-bond donors (Lipinski definition) is 2. The van der Waals surface area contributed by atoms with Crippen LogP contribution in [0.4, 0.5) is 0 Å². The minimum absolute atomic E-state index is 0.212. The first-order valence-corrected chi connectivity index (χ1v) is 7.01. The zero-order chi connectivity index (χ0) is 13.5. The van der Waals surface area contributed by atoms with Crippen molar-refractivity contribution in [2.45, 2.75) is 38.6 Å². The van der Waals surface area contributed by atoms with Gasteiger partial charge in [-0.05, 0) is 31.0 Å². The Morgan fingerprint density at radius 2 is 2.16 bits per heavy atom. The molecule has 3 heteroatoms. The van der Waals surface area contributed by atoms with Crippen LogP contribution in [-0.4, -0.2) is 23.9 Å². The molecule has 1 aromatic heterocycles. The van der Waals surface area contributed by atoms with Crippen molar-refractivity contribution in [3.8, 4) is 0 Å². The maximum atomic E-state index is 11.0. The molecule has 0 amide bonds. The Morgan fingerprint density at radius 3 is 2.95 bits per heavy atom. The second-order valence-electron chi connectivity index (χ2n) is 4.90. The lowest BCUT2D eigenvalue weighted by Crippen LogP contribution is -2.33. The molecule has 0 bridgehead atoms. The van der Waals surface area contributed by atoms with Crippen molar-refractivity contribution in [2.75, 3.05) is 6.54 Å². The Hall–Kier alpha value is -1.61. The van der Waals surface area contributed by atoms with Crippen LogP contribution < -0.4 is 5.32 Å². The Morgan fingerprint density at radius 1 is 1.32 bits per heavy atom. The van der Waals surface area contributed by atoms with Crippen LogP contribution in [0, 0.1) is 0 Å². The fourth-order valence-corrected chi connectivity index (χ4v) is 2.33. The highest BCUT2D eigenvalue weighted by Crippen LogP contribution is 2.18. The van der Waals surface area contributed by atoms with Gasteiger partial charge in [0.25, 0.3) is 0 Å². The van der Waals surface area contributed by atoms with Gasteiger partial charge in [0.15, 0.2) is 0 Å². The molecular weight excluding hydrogens is 236 g/mol. The maximum Gasteiger partial charge on any atom is 0.217 e. The first-order valence-electron chi connectivity index (χ1n) is 7.01. The highest BCUT2D eigenvalue weighted by Gasteiger charge is 2.11. The number of rotatable bonds is 8. The first kappa shape index (κ1) is 13.8. The van der Waals surface area contributed by atoms with E-state index in [0.29, 0.717) is 6.42 Å². The van der Waals surface area contributed by atoms with E-state index < -0.39 is 0 Å². The summed E-state index contributed by atoms with van der Waals surface area (Å²) in [6.45, 7) is 3.06. The highest BCUT2D eigenvalue weighted by atomic mass is 16.1. The van der Waals surface area contributed by atoms with Crippen LogP contribution in [0.15, 0.2) is 30.5 Å². The van der Waals surface area contributed by atoms with Gasteiger partial charge in [-0.2, -0.15) is 0 Å². The molecule has 1 radical (unpaired) electrons. The van der Waals surface area contributed by atoms with Crippen LogP contribution >= 0.6 is 0 Å². The van der Waals surface area contributed by atoms with E-state index in [2.05, 4.69) is 29.6 Å². The van der Waals surface area contributed by atoms with Crippen LogP contribution in [0.2, 0.25) is 0 Å². The second-order valence-corrected chi connectivity index (χ2v) is 4.90. The fraction of sp³-hybridized carbons (Fsp3) is 0.438. The lowest BCUT2D eigenvalue weighted by Gasteiger charge is -2.11. The van der Waals surface area contributed by atoms with Gasteiger partial charge in [0.1, 0.15) is 0 Å². The Labute approximate surface area is 114 Å². The van der Waals surface area contributed by atoms with E-state index in [1.165, 1.54) is 23.8 Å². The van der Waals surface area contributed by atoms with Gasteiger partial charge in [-0.3, -0.25) is 4.79 Å². The third kappa shape index (κ3) is 3.67. The number of hydrogen-bond acceptors (Lipinski definition) is 2. The number of aromatic amines is 1. The molecule has 3 nitrogen and oxygen atoms in total. The van der Waals surface area contributed by atoms with Crippen LogP contribution in [0.25, 0.3) is 10.9 Å². The molecule has 2 aromatic rings. The van der Waals surface area contributed by atoms with Gasteiger partial charge in [-0.1, -0.05) is 38.0 Å². The van der Waals surface area contributed by atoms with Gasteiger partial charge in [0.2, 0.25) is 6.29 Å². The predicted octanol–water partition coefficient (Wildman–Crippen LogP) is 2.97. The molecule has 1 atom stereocenters. The number of para-hydroxylation sites is 1. The van der Waals surface area contributed by atoms with Crippen molar-refractivity contribution in [2.24, 2.45) is 0 Å². The third-order valence-electron chi connectivity index (χ3n) is 3.41. The molecule has 1 heterocycles. The topological polar surface area (TPSA) is 44.9 Å². The van der Waals surface area contributed by atoms with Crippen molar-refractivity contribution in [1.29, 1.82) is 0 Å². The van der Waals surface area contributed by atoms with Gasteiger partial charge in [-0.25, -0.2) is 0 Å². The van der Waals surface area contributed by atoms with E-state index in [-0.39, 0.29) is 6.04 Å². The summed E-state index contributed by atoms with van der Waals surface area (Å²) >= 11 is 0. The average molecular weight is 257 g/mol. The number of aromatic nitrogens is 1. The molecule has 0 saturated carbocycles. The molecule has 1 aromatic carbocycles. The van der Waals surface area contributed by atoms with Gasteiger partial charge in [0.05, 0.1) is 6.04 Å². The summed E-state index contributed by atoms with van der Waals surface area (Å²) in [4.78, 5) is 14.3. The zero-order valence-electron chi connectivity index (χ0n) is 11.4. The van der Waals surface area contributed by atoms with Gasteiger partial charge >= 0.3 is 0 Å². The van der Waals surface area contributed by atoms with Crippen molar-refractivity contribution in [1.82, 2.24) is 10.3 Å². The minimum Gasteiger partial charge on any atom is -0.361 e. The lowest BCUT2D eigenvalue weighted by molar-refractivity contribution is 0.505. The molecule has 0 aliphatic carbocycles. The Bertz CT molecular complexity index is 518. The lowest BCUT2D eigenvalue weighted by atomic mass is 10.1. The van der Waals surface area contributed by atoms with Crippen molar-refractivity contribution >= 4 is 17.2 Å². The summed E-state index contributed by atoms with van der Waals surface area (Å²) in [5, 5.41) is 4.46. The predicted molar refractivity (Wildman–Crippen MR) is 79.0 cm³/mol. The third-order valence-corrected chi connectivity index (χ3v) is 3.41. The number of carbonyl (C=O) groups excluding carboxylic acids is 1. The van der Waals surface area contributed by atoms with E-state index in [1.807, 2.05) is 24.4 Å². The number of unbranched alkanes of at least 4 members (excludes halogenated alkanes) is 2. The summed E-state index contributed by atoms with van der Waals surface area (Å²) in [7, 11) is 0. The zero-order valence-corrected chi connectivity index (χ0v) is 11.4. The average Bonchev–Trinajstić information content (AvgIpc) is 2.85. The minimum atomic E-state index is -0.212. The monoisotopic (exact) mass is 257 g/mol. The van der Waals surface area contributed by atoms with Crippen LogP contribution in [0.3, 0.4) is 0 Å². The summed E-state index contributed by atoms with van der Waals surface area (Å²) in [5.74, 6) is 0. The Kier molecular flexibility index (Phi) is 5.16. The van der Waals surface area contributed by atoms with Crippen molar-refractivity contribution in [3.05, 3.63) is 36.0 Å². The molecule has 2 rings (SSSR count). The number of H-pyrrole nitrogens is 1. The van der Waals surface area contributed by atoms with Crippen LogP contribution in [0.5, 0.6) is 0 Å². The van der Waals surface area contributed by atoms with Gasteiger partial charge in [0, 0.05) is 17.1 Å². The normalized spacial score (nSPS) is 12.7. The van der Waals surface area contributed by atoms with Crippen molar-refractivity contribution < 1.29 is 4.79 Å². The second kappa shape index (κ2) is 7.10. The van der Waals surface area contributed by atoms with Gasteiger partial charge in [-0.15, -0.1) is 0 Å². The molecule has 101 valence electrons.